The van der Waals surface area contributed by atoms with E-state index in [0.29, 0.717) is 12.0 Å². The molecule has 1 aromatic carbocycles. The van der Waals surface area contributed by atoms with Crippen LogP contribution in [0, 0.1) is 6.92 Å². The molecule has 21 heavy (non-hydrogen) atoms. The fraction of sp³-hybridized carbons (Fsp3) is 0.286. The van der Waals surface area contributed by atoms with Crippen LogP contribution in [0.5, 0.6) is 0 Å². The summed E-state index contributed by atoms with van der Waals surface area (Å²) in [5.41, 5.74) is 2.38. The summed E-state index contributed by atoms with van der Waals surface area (Å²) in [4.78, 5) is 15.4. The Morgan fingerprint density at radius 2 is 2.00 bits per heavy atom. The van der Waals surface area contributed by atoms with Gasteiger partial charge in [-0.3, -0.25) is 4.79 Å². The third-order valence-corrected chi connectivity index (χ3v) is 4.12. The van der Waals surface area contributed by atoms with E-state index in [2.05, 4.69) is 4.98 Å². The molecule has 0 aliphatic rings. The molecule has 3 nitrogen and oxygen atoms in total. The van der Waals surface area contributed by atoms with E-state index < -0.39 is 11.7 Å². The van der Waals surface area contributed by atoms with Crippen molar-refractivity contribution in [1.29, 1.82) is 0 Å². The molecule has 0 aliphatic carbocycles. The normalized spacial score (nSPS) is 13.0. The first-order valence-electron chi connectivity index (χ1n) is 6.06. The summed E-state index contributed by atoms with van der Waals surface area (Å²) in [6, 6.07) is 4.86. The first-order valence-corrected chi connectivity index (χ1v) is 6.94. The van der Waals surface area contributed by atoms with E-state index in [0.717, 1.165) is 22.7 Å². The second-order valence-electron chi connectivity index (χ2n) is 4.40. The molecule has 1 heterocycles. The lowest BCUT2D eigenvalue weighted by atomic mass is 9.96. The van der Waals surface area contributed by atoms with Crippen molar-refractivity contribution < 1.29 is 22.7 Å². The van der Waals surface area contributed by atoms with Crippen LogP contribution >= 0.6 is 11.3 Å². The molecule has 1 unspecified atom stereocenters. The maximum absolute atomic E-state index is 12.6. The Kier molecular flexibility index (Phi) is 4.62. The molecule has 0 aliphatic heterocycles. The van der Waals surface area contributed by atoms with Crippen molar-refractivity contribution in [2.45, 2.75) is 19.0 Å². The Labute approximate surface area is 123 Å². The van der Waals surface area contributed by atoms with E-state index in [1.807, 2.05) is 6.92 Å². The number of hydrogen-bond acceptors (Lipinski definition) is 4. The molecular weight excluding hydrogens is 303 g/mol. The predicted octanol–water partition coefficient (Wildman–Crippen LogP) is 3.78. The van der Waals surface area contributed by atoms with Crippen molar-refractivity contribution in [1.82, 2.24) is 4.98 Å². The van der Waals surface area contributed by atoms with Crippen LogP contribution in [-0.4, -0.2) is 18.1 Å². The lowest BCUT2D eigenvalue weighted by Crippen LogP contribution is -2.10. The smallest absolute Gasteiger partial charge is 0.416 e. The second-order valence-corrected chi connectivity index (χ2v) is 5.29. The monoisotopic (exact) mass is 315 g/mol. The van der Waals surface area contributed by atoms with Crippen LogP contribution in [0.3, 0.4) is 0 Å². The second kappa shape index (κ2) is 6.26. The zero-order valence-corrected chi connectivity index (χ0v) is 11.9. The fourth-order valence-electron chi connectivity index (χ4n) is 2.01. The van der Waals surface area contributed by atoms with Gasteiger partial charge in [-0.1, -0.05) is 12.1 Å². The first-order chi connectivity index (χ1) is 9.93. The number of rotatable bonds is 5. The molecule has 2 rings (SSSR count). The topological polar surface area (TPSA) is 39.2 Å². The highest BCUT2D eigenvalue weighted by atomic mass is 32.1. The number of carbonyl (C=O) groups excluding carboxylic acids is 1. The standard InChI is InChI=1S/C14H12F3NO2S/c1-9-13(21-7-18-9)12(6-20-8-19)10-2-4-11(5-3-10)14(15,16)17/h2-5,7-8,12H,6H2,1H3. The van der Waals surface area contributed by atoms with Crippen molar-refractivity contribution in [3.63, 3.8) is 0 Å². The van der Waals surface area contributed by atoms with E-state index in [9.17, 15) is 18.0 Å². The van der Waals surface area contributed by atoms with E-state index >= 15 is 0 Å². The van der Waals surface area contributed by atoms with Gasteiger partial charge in [-0.25, -0.2) is 4.98 Å². The molecule has 112 valence electrons. The van der Waals surface area contributed by atoms with Crippen molar-refractivity contribution in [3.05, 3.63) is 51.5 Å². The average molecular weight is 315 g/mol. The van der Waals surface area contributed by atoms with Crippen LogP contribution in [0.1, 0.15) is 27.6 Å². The van der Waals surface area contributed by atoms with Crippen LogP contribution in [-0.2, 0) is 15.7 Å². The molecule has 0 spiro atoms. The van der Waals surface area contributed by atoms with Crippen molar-refractivity contribution in [2.75, 3.05) is 6.61 Å². The Morgan fingerprint density at radius 1 is 1.33 bits per heavy atom. The summed E-state index contributed by atoms with van der Waals surface area (Å²) in [5.74, 6) is -0.315. The summed E-state index contributed by atoms with van der Waals surface area (Å²) in [5, 5.41) is 0. The maximum Gasteiger partial charge on any atom is 0.416 e. The number of aromatic nitrogens is 1. The number of benzene rings is 1. The largest absolute Gasteiger partial charge is 0.467 e. The van der Waals surface area contributed by atoms with Gasteiger partial charge in [0.25, 0.3) is 6.47 Å². The van der Waals surface area contributed by atoms with Crippen molar-refractivity contribution in [3.8, 4) is 0 Å². The van der Waals surface area contributed by atoms with Gasteiger partial charge in [0, 0.05) is 4.88 Å². The number of alkyl halides is 3. The van der Waals surface area contributed by atoms with Gasteiger partial charge in [-0.15, -0.1) is 11.3 Å². The Hall–Kier alpha value is -1.89. The molecule has 1 aromatic heterocycles. The summed E-state index contributed by atoms with van der Waals surface area (Å²) in [6.45, 7) is 2.20. The number of carbonyl (C=O) groups is 1. The molecule has 0 N–H and O–H groups in total. The minimum absolute atomic E-state index is 0.0674. The highest BCUT2D eigenvalue weighted by Gasteiger charge is 2.30. The molecule has 0 saturated heterocycles. The Bertz CT molecular complexity index is 607. The molecule has 2 aromatic rings. The van der Waals surface area contributed by atoms with Crippen molar-refractivity contribution in [2.24, 2.45) is 0 Å². The molecule has 0 amide bonds. The first kappa shape index (κ1) is 15.5. The predicted molar refractivity (Wildman–Crippen MR) is 72.2 cm³/mol. The van der Waals surface area contributed by atoms with Gasteiger partial charge in [0.05, 0.1) is 22.7 Å². The minimum atomic E-state index is -4.37. The average Bonchev–Trinajstić information content (AvgIpc) is 2.85. The minimum Gasteiger partial charge on any atom is -0.467 e. The van der Waals surface area contributed by atoms with Crippen LogP contribution in [0.15, 0.2) is 29.8 Å². The van der Waals surface area contributed by atoms with Crippen molar-refractivity contribution >= 4 is 17.8 Å². The molecule has 1 atom stereocenters. The van der Waals surface area contributed by atoms with Gasteiger partial charge in [0.2, 0.25) is 0 Å². The van der Waals surface area contributed by atoms with Gasteiger partial charge in [-0.05, 0) is 24.6 Å². The SMILES string of the molecule is Cc1ncsc1C(COC=O)c1ccc(C(F)(F)F)cc1. The van der Waals surface area contributed by atoms with Crippen LogP contribution in [0.25, 0.3) is 0 Å². The Balaban J connectivity index is 2.33. The highest BCUT2D eigenvalue weighted by Crippen LogP contribution is 2.33. The zero-order chi connectivity index (χ0) is 15.5. The molecule has 0 radical (unpaired) electrons. The van der Waals surface area contributed by atoms with E-state index in [4.69, 9.17) is 4.74 Å². The van der Waals surface area contributed by atoms with Gasteiger partial charge in [0.15, 0.2) is 0 Å². The summed E-state index contributed by atoms with van der Waals surface area (Å²) < 4.78 is 42.5. The number of hydrogen-bond donors (Lipinski definition) is 0. The highest BCUT2D eigenvalue weighted by molar-refractivity contribution is 7.09. The number of halogens is 3. The lowest BCUT2D eigenvalue weighted by Gasteiger charge is -2.16. The molecule has 0 bridgehead atoms. The quantitative estimate of drug-likeness (QED) is 0.788. The van der Waals surface area contributed by atoms with E-state index in [1.54, 1.807) is 5.51 Å². The third-order valence-electron chi connectivity index (χ3n) is 3.07. The number of aryl methyl sites for hydroxylation is 1. The number of thiazole rings is 1. The summed E-state index contributed by atoms with van der Waals surface area (Å²) in [7, 11) is 0. The lowest BCUT2D eigenvalue weighted by molar-refractivity contribution is -0.137. The fourth-order valence-corrected chi connectivity index (χ4v) is 2.92. The van der Waals surface area contributed by atoms with E-state index in [-0.39, 0.29) is 12.5 Å². The van der Waals surface area contributed by atoms with Gasteiger partial charge in [0.1, 0.15) is 6.61 Å². The molecule has 0 saturated carbocycles. The van der Waals surface area contributed by atoms with Gasteiger partial charge in [-0.2, -0.15) is 13.2 Å². The molecule has 7 heteroatoms. The summed E-state index contributed by atoms with van der Waals surface area (Å²) in [6.07, 6.45) is -4.37. The molecule has 0 fully saturated rings. The van der Waals surface area contributed by atoms with Crippen LogP contribution in [0.2, 0.25) is 0 Å². The number of nitrogens with zero attached hydrogens (tertiary/aromatic N) is 1. The summed E-state index contributed by atoms with van der Waals surface area (Å²) >= 11 is 1.38. The number of ether oxygens (including phenoxy) is 1. The van der Waals surface area contributed by atoms with Gasteiger partial charge >= 0.3 is 6.18 Å². The van der Waals surface area contributed by atoms with Crippen LogP contribution < -0.4 is 0 Å². The van der Waals surface area contributed by atoms with Crippen LogP contribution in [0.4, 0.5) is 13.2 Å². The Morgan fingerprint density at radius 3 is 2.48 bits per heavy atom. The molecular formula is C14H12F3NO2S. The van der Waals surface area contributed by atoms with Gasteiger partial charge < -0.3 is 4.74 Å². The zero-order valence-electron chi connectivity index (χ0n) is 11.1. The maximum atomic E-state index is 12.6. The third kappa shape index (κ3) is 3.60. The van der Waals surface area contributed by atoms with E-state index in [1.165, 1.54) is 23.5 Å².